The second-order valence-corrected chi connectivity index (χ2v) is 4.27. The number of hydrogen-bond acceptors (Lipinski definition) is 1. The van der Waals surface area contributed by atoms with Crippen molar-refractivity contribution in [2.45, 2.75) is 12.6 Å². The first-order valence-electron chi connectivity index (χ1n) is 5.82. The van der Waals surface area contributed by atoms with E-state index in [0.717, 1.165) is 18.2 Å². The Morgan fingerprint density at radius 2 is 1.70 bits per heavy atom. The van der Waals surface area contributed by atoms with Crippen LogP contribution in [0.5, 0.6) is 0 Å². The molecule has 0 aliphatic rings. The van der Waals surface area contributed by atoms with Crippen molar-refractivity contribution in [1.29, 1.82) is 0 Å². The highest BCUT2D eigenvalue weighted by Gasteiger charge is 2.30. The van der Waals surface area contributed by atoms with Crippen molar-refractivity contribution in [3.8, 4) is 0 Å². The van der Waals surface area contributed by atoms with Crippen LogP contribution in [0.25, 0.3) is 0 Å². The third-order valence-electron chi connectivity index (χ3n) is 2.82. The number of carbonyl (C=O) groups excluding carboxylic acids is 1. The first-order chi connectivity index (χ1) is 9.38. The quantitative estimate of drug-likeness (QED) is 0.607. The van der Waals surface area contributed by atoms with E-state index in [9.17, 15) is 22.4 Å². The van der Waals surface area contributed by atoms with Crippen LogP contribution in [-0.4, -0.2) is 5.78 Å². The van der Waals surface area contributed by atoms with Crippen molar-refractivity contribution < 1.29 is 22.4 Å². The van der Waals surface area contributed by atoms with Crippen LogP contribution < -0.4 is 0 Å². The third-order valence-corrected chi connectivity index (χ3v) is 2.82. The zero-order valence-corrected chi connectivity index (χ0v) is 10.2. The lowest BCUT2D eigenvalue weighted by Crippen LogP contribution is -2.09. The maximum absolute atomic E-state index is 13.4. The Morgan fingerprint density at radius 3 is 2.35 bits per heavy atom. The fourth-order valence-electron chi connectivity index (χ4n) is 1.79. The number of ketones is 1. The van der Waals surface area contributed by atoms with Gasteiger partial charge in [-0.1, -0.05) is 30.3 Å². The minimum Gasteiger partial charge on any atom is -0.294 e. The van der Waals surface area contributed by atoms with Crippen LogP contribution in [0, 0.1) is 5.82 Å². The fourth-order valence-corrected chi connectivity index (χ4v) is 1.79. The number of carbonyl (C=O) groups is 1. The Morgan fingerprint density at radius 1 is 1.00 bits per heavy atom. The molecule has 0 fully saturated rings. The van der Waals surface area contributed by atoms with Crippen LogP contribution in [0.15, 0.2) is 48.5 Å². The molecular formula is C15H10F4O. The van der Waals surface area contributed by atoms with Gasteiger partial charge in [-0.3, -0.25) is 4.79 Å². The molecule has 0 aliphatic carbocycles. The largest absolute Gasteiger partial charge is 0.416 e. The molecule has 104 valence electrons. The van der Waals surface area contributed by atoms with Gasteiger partial charge in [0.2, 0.25) is 0 Å². The van der Waals surface area contributed by atoms with E-state index in [1.807, 2.05) is 0 Å². The zero-order valence-electron chi connectivity index (χ0n) is 10.2. The summed E-state index contributed by atoms with van der Waals surface area (Å²) in [6.07, 6.45) is -4.78. The molecule has 0 amide bonds. The highest BCUT2D eigenvalue weighted by molar-refractivity contribution is 5.97. The zero-order chi connectivity index (χ0) is 14.8. The highest BCUT2D eigenvalue weighted by Crippen LogP contribution is 2.29. The summed E-state index contributed by atoms with van der Waals surface area (Å²) in [5, 5.41) is 0. The maximum Gasteiger partial charge on any atom is 0.416 e. The van der Waals surface area contributed by atoms with Crippen LogP contribution in [0.4, 0.5) is 17.6 Å². The van der Waals surface area contributed by atoms with E-state index in [4.69, 9.17) is 0 Å². The number of alkyl halides is 3. The van der Waals surface area contributed by atoms with Crippen LogP contribution in [0.1, 0.15) is 21.5 Å². The molecule has 0 heterocycles. The Balaban J connectivity index is 2.24. The summed E-state index contributed by atoms with van der Waals surface area (Å²) < 4.78 is 51.1. The summed E-state index contributed by atoms with van der Waals surface area (Å²) in [7, 11) is 0. The summed E-state index contributed by atoms with van der Waals surface area (Å²) >= 11 is 0. The Labute approximate surface area is 112 Å². The second kappa shape index (κ2) is 5.45. The van der Waals surface area contributed by atoms with Crippen LogP contribution in [0.3, 0.4) is 0 Å². The van der Waals surface area contributed by atoms with E-state index < -0.39 is 23.3 Å². The molecule has 0 saturated heterocycles. The summed E-state index contributed by atoms with van der Waals surface area (Å²) in [5.41, 5.74) is -0.810. The van der Waals surface area contributed by atoms with Gasteiger partial charge in [0.05, 0.1) is 5.56 Å². The Hall–Kier alpha value is -2.17. The monoisotopic (exact) mass is 282 g/mol. The molecule has 0 aliphatic heterocycles. The van der Waals surface area contributed by atoms with Gasteiger partial charge in [0.25, 0.3) is 0 Å². The van der Waals surface area contributed by atoms with E-state index in [1.54, 1.807) is 6.07 Å². The predicted molar refractivity (Wildman–Crippen MR) is 65.9 cm³/mol. The molecule has 2 aromatic carbocycles. The standard InChI is InChI=1S/C15H10F4O/c16-13-7-2-1-4-10(13)9-14(20)11-5-3-6-12(8-11)15(17,18)19/h1-8H,9H2. The van der Waals surface area contributed by atoms with E-state index in [0.29, 0.717) is 0 Å². The molecule has 0 unspecified atom stereocenters. The fraction of sp³-hybridized carbons (Fsp3) is 0.133. The topological polar surface area (TPSA) is 17.1 Å². The van der Waals surface area contributed by atoms with E-state index in [2.05, 4.69) is 0 Å². The van der Waals surface area contributed by atoms with Gasteiger partial charge in [0.15, 0.2) is 5.78 Å². The molecule has 0 aromatic heterocycles. The molecule has 2 rings (SSSR count). The van der Waals surface area contributed by atoms with E-state index in [-0.39, 0.29) is 17.5 Å². The third kappa shape index (κ3) is 3.23. The normalized spacial score (nSPS) is 11.4. The molecular weight excluding hydrogens is 272 g/mol. The summed E-state index contributed by atoms with van der Waals surface area (Å²) in [6, 6.07) is 9.81. The van der Waals surface area contributed by atoms with Crippen molar-refractivity contribution in [1.82, 2.24) is 0 Å². The first kappa shape index (κ1) is 14.2. The van der Waals surface area contributed by atoms with Crippen molar-refractivity contribution in [3.05, 3.63) is 71.0 Å². The van der Waals surface area contributed by atoms with Gasteiger partial charge in [-0.25, -0.2) is 4.39 Å². The van der Waals surface area contributed by atoms with Crippen molar-refractivity contribution in [3.63, 3.8) is 0 Å². The highest BCUT2D eigenvalue weighted by atomic mass is 19.4. The molecule has 0 saturated carbocycles. The van der Waals surface area contributed by atoms with E-state index >= 15 is 0 Å². The van der Waals surface area contributed by atoms with Crippen LogP contribution >= 0.6 is 0 Å². The van der Waals surface area contributed by atoms with Gasteiger partial charge in [0, 0.05) is 12.0 Å². The summed E-state index contributed by atoms with van der Waals surface area (Å²) in [5.74, 6) is -1.10. The summed E-state index contributed by atoms with van der Waals surface area (Å²) in [4.78, 5) is 11.9. The number of hydrogen-bond donors (Lipinski definition) is 0. The second-order valence-electron chi connectivity index (χ2n) is 4.27. The minimum atomic E-state index is -4.51. The van der Waals surface area contributed by atoms with Gasteiger partial charge in [-0.15, -0.1) is 0 Å². The molecule has 2 aromatic rings. The average Bonchev–Trinajstić information content (AvgIpc) is 2.40. The van der Waals surface area contributed by atoms with Crippen LogP contribution in [0.2, 0.25) is 0 Å². The van der Waals surface area contributed by atoms with Crippen molar-refractivity contribution in [2.75, 3.05) is 0 Å². The lowest BCUT2D eigenvalue weighted by molar-refractivity contribution is -0.137. The van der Waals surface area contributed by atoms with Gasteiger partial charge >= 0.3 is 6.18 Å². The maximum atomic E-state index is 13.4. The minimum absolute atomic E-state index is 0.0805. The lowest BCUT2D eigenvalue weighted by atomic mass is 10.0. The SMILES string of the molecule is O=C(Cc1ccccc1F)c1cccc(C(F)(F)F)c1. The number of benzene rings is 2. The Bertz CT molecular complexity index is 632. The van der Waals surface area contributed by atoms with Gasteiger partial charge in [-0.2, -0.15) is 13.2 Å². The molecule has 0 spiro atoms. The smallest absolute Gasteiger partial charge is 0.294 e. The molecule has 20 heavy (non-hydrogen) atoms. The number of halogens is 4. The van der Waals surface area contributed by atoms with Crippen LogP contribution in [-0.2, 0) is 12.6 Å². The van der Waals surface area contributed by atoms with E-state index in [1.165, 1.54) is 24.3 Å². The molecule has 1 nitrogen and oxygen atoms in total. The van der Waals surface area contributed by atoms with Gasteiger partial charge in [0.1, 0.15) is 5.82 Å². The van der Waals surface area contributed by atoms with Crippen molar-refractivity contribution >= 4 is 5.78 Å². The molecule has 0 N–H and O–H groups in total. The average molecular weight is 282 g/mol. The summed E-state index contributed by atoms with van der Waals surface area (Å²) in [6.45, 7) is 0. The number of rotatable bonds is 3. The molecule has 0 radical (unpaired) electrons. The van der Waals surface area contributed by atoms with Crippen molar-refractivity contribution in [2.24, 2.45) is 0 Å². The molecule has 0 bridgehead atoms. The lowest BCUT2D eigenvalue weighted by Gasteiger charge is -2.08. The first-order valence-corrected chi connectivity index (χ1v) is 5.82. The van der Waals surface area contributed by atoms with Gasteiger partial charge in [-0.05, 0) is 23.8 Å². The predicted octanol–water partition coefficient (Wildman–Crippen LogP) is 4.27. The molecule has 5 heteroatoms. The number of Topliss-reactive ketones (excluding diaryl/α,β-unsaturated/α-hetero) is 1. The van der Waals surface area contributed by atoms with Gasteiger partial charge < -0.3 is 0 Å². The Kier molecular flexibility index (Phi) is 3.88. The molecule has 0 atom stereocenters.